The number of carbonyl (C=O) groups is 2. The van der Waals surface area contributed by atoms with Gasteiger partial charge in [0.25, 0.3) is 0 Å². The van der Waals surface area contributed by atoms with Crippen LogP contribution in [-0.4, -0.2) is 41.0 Å². The minimum atomic E-state index is -0.796. The van der Waals surface area contributed by atoms with Crippen molar-refractivity contribution in [3.8, 4) is 0 Å². The van der Waals surface area contributed by atoms with Crippen molar-refractivity contribution in [2.24, 2.45) is 5.73 Å². The molecule has 5 nitrogen and oxygen atoms in total. The Hall–Kier alpha value is -1.36. The van der Waals surface area contributed by atoms with Crippen LogP contribution in [0.3, 0.4) is 0 Å². The van der Waals surface area contributed by atoms with Crippen molar-refractivity contribution in [1.29, 1.82) is 0 Å². The second kappa shape index (κ2) is 4.76. The zero-order valence-electron chi connectivity index (χ0n) is 7.85. The summed E-state index contributed by atoms with van der Waals surface area (Å²) in [6, 6.07) is -0.410. The number of hydrogen-bond donors (Lipinski definition) is 2. The van der Waals surface area contributed by atoms with E-state index >= 15 is 0 Å². The molecule has 0 spiro atoms. The molecule has 1 aliphatic heterocycles. The monoisotopic (exact) mass is 198 g/mol. The van der Waals surface area contributed by atoms with Gasteiger partial charge in [-0.15, -0.1) is 0 Å². The second-order valence-corrected chi connectivity index (χ2v) is 3.30. The summed E-state index contributed by atoms with van der Waals surface area (Å²) in [6.45, 7) is 1.24. The third-order valence-corrected chi connectivity index (χ3v) is 2.27. The van der Waals surface area contributed by atoms with E-state index in [2.05, 4.69) is 0 Å². The van der Waals surface area contributed by atoms with Crippen molar-refractivity contribution in [3.63, 3.8) is 0 Å². The van der Waals surface area contributed by atoms with Crippen LogP contribution >= 0.6 is 0 Å². The lowest BCUT2D eigenvalue weighted by atomic mass is 10.2. The number of primary amides is 1. The van der Waals surface area contributed by atoms with Gasteiger partial charge in [-0.2, -0.15) is 0 Å². The topological polar surface area (TPSA) is 83.6 Å². The summed E-state index contributed by atoms with van der Waals surface area (Å²) < 4.78 is 0. The van der Waals surface area contributed by atoms with Crippen LogP contribution < -0.4 is 5.73 Å². The van der Waals surface area contributed by atoms with E-state index in [1.165, 1.54) is 6.08 Å². The highest BCUT2D eigenvalue weighted by Gasteiger charge is 2.29. The van der Waals surface area contributed by atoms with Gasteiger partial charge < -0.3 is 10.8 Å². The fourth-order valence-electron chi connectivity index (χ4n) is 1.63. The van der Waals surface area contributed by atoms with Crippen LogP contribution in [0.2, 0.25) is 0 Å². The fourth-order valence-corrected chi connectivity index (χ4v) is 1.63. The first-order chi connectivity index (χ1) is 6.61. The van der Waals surface area contributed by atoms with Crippen molar-refractivity contribution in [3.05, 3.63) is 12.2 Å². The van der Waals surface area contributed by atoms with E-state index < -0.39 is 17.9 Å². The van der Waals surface area contributed by atoms with Crippen molar-refractivity contribution in [1.82, 2.24) is 4.90 Å². The van der Waals surface area contributed by atoms with Crippen LogP contribution in [0.5, 0.6) is 0 Å². The molecule has 14 heavy (non-hydrogen) atoms. The van der Waals surface area contributed by atoms with Gasteiger partial charge in [-0.3, -0.25) is 14.5 Å². The van der Waals surface area contributed by atoms with Crippen LogP contribution in [0.25, 0.3) is 0 Å². The molecule has 1 heterocycles. The van der Waals surface area contributed by atoms with Crippen molar-refractivity contribution in [2.45, 2.75) is 18.9 Å². The minimum Gasteiger partial charge on any atom is -0.480 e. The predicted octanol–water partition coefficient (Wildman–Crippen LogP) is -0.423. The maximum absolute atomic E-state index is 10.8. The zero-order chi connectivity index (χ0) is 10.6. The Balaban J connectivity index is 2.44. The maximum Gasteiger partial charge on any atom is 0.320 e. The smallest absolute Gasteiger partial charge is 0.320 e. The molecule has 0 radical (unpaired) electrons. The maximum atomic E-state index is 10.8. The molecule has 0 saturated carbocycles. The molecule has 1 fully saturated rings. The Morgan fingerprint density at radius 2 is 2.29 bits per heavy atom. The largest absolute Gasteiger partial charge is 0.480 e. The standard InChI is InChI=1S/C9H14N2O3/c10-8(12)4-2-6-11-5-1-3-7(11)9(13)14/h2,4,7H,1,3,5-6H2,(H2,10,12)(H,13,14). The summed E-state index contributed by atoms with van der Waals surface area (Å²) in [7, 11) is 0. The highest BCUT2D eigenvalue weighted by atomic mass is 16.4. The van der Waals surface area contributed by atoms with E-state index in [1.54, 1.807) is 6.08 Å². The molecule has 0 aromatic heterocycles. The third-order valence-electron chi connectivity index (χ3n) is 2.27. The number of carbonyl (C=O) groups excluding carboxylic acids is 1. The van der Waals surface area contributed by atoms with Crippen molar-refractivity contribution < 1.29 is 14.7 Å². The van der Waals surface area contributed by atoms with Crippen LogP contribution in [0, 0.1) is 0 Å². The number of likely N-dealkylation sites (tertiary alicyclic amines) is 1. The number of amides is 1. The molecule has 1 unspecified atom stereocenters. The Labute approximate surface area is 82.2 Å². The number of carboxylic acids is 1. The Bertz CT molecular complexity index is 263. The van der Waals surface area contributed by atoms with E-state index in [-0.39, 0.29) is 0 Å². The molecule has 1 aliphatic rings. The predicted molar refractivity (Wildman–Crippen MR) is 50.6 cm³/mol. The number of carboxylic acid groups (broad SMARTS) is 1. The number of nitrogens with zero attached hydrogens (tertiary/aromatic N) is 1. The molecule has 0 aromatic carbocycles. The average molecular weight is 198 g/mol. The summed E-state index contributed by atoms with van der Waals surface area (Å²) in [5, 5.41) is 8.83. The van der Waals surface area contributed by atoms with Gasteiger partial charge in [-0.05, 0) is 25.5 Å². The Morgan fingerprint density at radius 1 is 1.57 bits per heavy atom. The summed E-state index contributed by atoms with van der Waals surface area (Å²) in [4.78, 5) is 23.0. The lowest BCUT2D eigenvalue weighted by Crippen LogP contribution is -2.36. The van der Waals surface area contributed by atoms with E-state index in [1.807, 2.05) is 4.90 Å². The van der Waals surface area contributed by atoms with Crippen LogP contribution in [-0.2, 0) is 9.59 Å². The molecule has 0 bridgehead atoms. The molecule has 1 saturated heterocycles. The number of aliphatic carboxylic acids is 1. The number of nitrogens with two attached hydrogens (primary N) is 1. The van der Waals surface area contributed by atoms with E-state index in [0.717, 1.165) is 13.0 Å². The Morgan fingerprint density at radius 3 is 2.86 bits per heavy atom. The highest BCUT2D eigenvalue weighted by molar-refractivity contribution is 5.85. The molecule has 0 aliphatic carbocycles. The van der Waals surface area contributed by atoms with E-state index in [4.69, 9.17) is 10.8 Å². The molecular formula is C9H14N2O3. The van der Waals surface area contributed by atoms with Gasteiger partial charge in [-0.25, -0.2) is 0 Å². The second-order valence-electron chi connectivity index (χ2n) is 3.30. The lowest BCUT2D eigenvalue weighted by molar-refractivity contribution is -0.141. The van der Waals surface area contributed by atoms with Gasteiger partial charge in [0.15, 0.2) is 0 Å². The third kappa shape index (κ3) is 2.85. The molecule has 78 valence electrons. The molecule has 1 amide bonds. The Kier molecular flexibility index (Phi) is 3.64. The summed E-state index contributed by atoms with van der Waals surface area (Å²) >= 11 is 0. The summed E-state index contributed by atoms with van der Waals surface area (Å²) in [5.41, 5.74) is 4.91. The fraction of sp³-hybridized carbons (Fsp3) is 0.556. The van der Waals surface area contributed by atoms with Gasteiger partial charge in [0.1, 0.15) is 6.04 Å². The van der Waals surface area contributed by atoms with Crippen LogP contribution in [0.4, 0.5) is 0 Å². The van der Waals surface area contributed by atoms with Gasteiger partial charge in [-0.1, -0.05) is 6.08 Å². The SMILES string of the molecule is NC(=O)C=CCN1CCCC1C(=O)O. The lowest BCUT2D eigenvalue weighted by Gasteiger charge is -2.18. The van der Waals surface area contributed by atoms with E-state index in [0.29, 0.717) is 13.0 Å². The molecule has 1 atom stereocenters. The zero-order valence-corrected chi connectivity index (χ0v) is 7.85. The first kappa shape index (κ1) is 10.7. The highest BCUT2D eigenvalue weighted by Crippen LogP contribution is 2.16. The molecule has 3 N–H and O–H groups in total. The van der Waals surface area contributed by atoms with Gasteiger partial charge in [0.2, 0.25) is 5.91 Å². The van der Waals surface area contributed by atoms with E-state index in [9.17, 15) is 9.59 Å². The van der Waals surface area contributed by atoms with Gasteiger partial charge in [0, 0.05) is 6.54 Å². The minimum absolute atomic E-state index is 0.410. The first-order valence-electron chi connectivity index (χ1n) is 4.54. The normalized spacial score (nSPS) is 23.0. The van der Waals surface area contributed by atoms with Crippen molar-refractivity contribution in [2.75, 3.05) is 13.1 Å². The quantitative estimate of drug-likeness (QED) is 0.601. The molecule has 1 rings (SSSR count). The van der Waals surface area contributed by atoms with Gasteiger partial charge in [0.05, 0.1) is 0 Å². The average Bonchev–Trinajstić information content (AvgIpc) is 2.51. The number of rotatable bonds is 4. The van der Waals surface area contributed by atoms with Crippen LogP contribution in [0.15, 0.2) is 12.2 Å². The molecule has 5 heteroatoms. The van der Waals surface area contributed by atoms with Gasteiger partial charge >= 0.3 is 5.97 Å². The summed E-state index contributed by atoms with van der Waals surface area (Å²) in [5.74, 6) is -1.30. The van der Waals surface area contributed by atoms with Crippen molar-refractivity contribution >= 4 is 11.9 Å². The molecular weight excluding hydrogens is 184 g/mol. The van der Waals surface area contributed by atoms with Crippen LogP contribution in [0.1, 0.15) is 12.8 Å². The number of hydrogen-bond acceptors (Lipinski definition) is 3. The summed E-state index contributed by atoms with van der Waals surface area (Å²) in [6.07, 6.45) is 4.43. The first-order valence-corrected chi connectivity index (χ1v) is 4.54. The molecule has 0 aromatic rings.